The van der Waals surface area contributed by atoms with Gasteiger partial charge in [0.2, 0.25) is 5.91 Å². The van der Waals surface area contributed by atoms with Gasteiger partial charge in [-0.1, -0.05) is 30.3 Å². The van der Waals surface area contributed by atoms with Gasteiger partial charge in [-0.25, -0.2) is 8.78 Å². The molecule has 0 aromatic heterocycles. The number of amides is 1. The molecule has 0 radical (unpaired) electrons. The molecule has 0 heterocycles. The number of rotatable bonds is 7. The molecule has 0 aliphatic rings. The first-order chi connectivity index (χ1) is 10.6. The van der Waals surface area contributed by atoms with Crippen molar-refractivity contribution in [3.63, 3.8) is 0 Å². The van der Waals surface area contributed by atoms with Gasteiger partial charge >= 0.3 is 0 Å². The van der Waals surface area contributed by atoms with Gasteiger partial charge in [0.15, 0.2) is 11.6 Å². The molecule has 116 valence electrons. The lowest BCUT2D eigenvalue weighted by Gasteiger charge is -2.07. The van der Waals surface area contributed by atoms with Crippen LogP contribution in [0.3, 0.4) is 0 Å². The van der Waals surface area contributed by atoms with Crippen LogP contribution in [-0.2, 0) is 11.2 Å². The Bertz CT molecular complexity index is 617. The Morgan fingerprint density at radius 3 is 2.50 bits per heavy atom. The van der Waals surface area contributed by atoms with E-state index < -0.39 is 11.6 Å². The lowest BCUT2D eigenvalue weighted by molar-refractivity contribution is -0.115. The first kappa shape index (κ1) is 16.1. The third-order valence-electron chi connectivity index (χ3n) is 3.15. The Morgan fingerprint density at radius 2 is 1.77 bits per heavy atom. The minimum atomic E-state index is -0.978. The summed E-state index contributed by atoms with van der Waals surface area (Å²) in [7, 11) is 0. The number of nitrogens with one attached hydrogen (secondary N) is 2. The Labute approximate surface area is 128 Å². The van der Waals surface area contributed by atoms with E-state index in [0.717, 1.165) is 25.0 Å². The number of hydrogen-bond donors (Lipinski definition) is 2. The highest BCUT2D eigenvalue weighted by Crippen LogP contribution is 2.12. The van der Waals surface area contributed by atoms with Crippen molar-refractivity contribution in [1.29, 1.82) is 0 Å². The predicted molar refractivity (Wildman–Crippen MR) is 82.6 cm³/mol. The molecule has 3 nitrogen and oxygen atoms in total. The van der Waals surface area contributed by atoms with Gasteiger partial charge in [-0.2, -0.15) is 0 Å². The molecule has 22 heavy (non-hydrogen) atoms. The van der Waals surface area contributed by atoms with Gasteiger partial charge in [-0.15, -0.1) is 0 Å². The molecule has 1 amide bonds. The molecule has 0 saturated heterocycles. The van der Waals surface area contributed by atoms with Gasteiger partial charge in [-0.05, 0) is 37.1 Å². The highest BCUT2D eigenvalue weighted by atomic mass is 19.2. The molecule has 0 atom stereocenters. The quantitative estimate of drug-likeness (QED) is 0.772. The fraction of sp³-hybridized carbons (Fsp3) is 0.235. The maximum atomic E-state index is 13.0. The van der Waals surface area contributed by atoms with E-state index in [0.29, 0.717) is 6.54 Å². The van der Waals surface area contributed by atoms with Crippen LogP contribution < -0.4 is 10.6 Å². The molecular weight excluding hydrogens is 286 g/mol. The van der Waals surface area contributed by atoms with Crippen molar-refractivity contribution in [3.8, 4) is 0 Å². The predicted octanol–water partition coefficient (Wildman–Crippen LogP) is 3.13. The normalized spacial score (nSPS) is 10.5. The topological polar surface area (TPSA) is 41.1 Å². The Balaban J connectivity index is 1.64. The lowest BCUT2D eigenvalue weighted by atomic mass is 10.1. The summed E-state index contributed by atoms with van der Waals surface area (Å²) in [5, 5.41) is 5.53. The Kier molecular flexibility index (Phi) is 6.03. The van der Waals surface area contributed by atoms with Crippen molar-refractivity contribution in [2.45, 2.75) is 12.8 Å². The second-order valence-electron chi connectivity index (χ2n) is 4.94. The van der Waals surface area contributed by atoms with Crippen molar-refractivity contribution < 1.29 is 13.6 Å². The minimum absolute atomic E-state index is 0.133. The van der Waals surface area contributed by atoms with E-state index in [4.69, 9.17) is 0 Å². The summed E-state index contributed by atoms with van der Waals surface area (Å²) in [6.45, 7) is 0.841. The molecule has 0 fully saturated rings. The highest BCUT2D eigenvalue weighted by Gasteiger charge is 2.05. The zero-order valence-corrected chi connectivity index (χ0v) is 12.1. The van der Waals surface area contributed by atoms with Crippen molar-refractivity contribution in [2.75, 3.05) is 18.4 Å². The fourth-order valence-electron chi connectivity index (χ4n) is 2.04. The monoisotopic (exact) mass is 304 g/mol. The molecule has 0 aliphatic carbocycles. The van der Waals surface area contributed by atoms with E-state index in [1.54, 1.807) is 0 Å². The van der Waals surface area contributed by atoms with Gasteiger partial charge in [0, 0.05) is 11.8 Å². The molecule has 2 N–H and O–H groups in total. The van der Waals surface area contributed by atoms with Crippen LogP contribution >= 0.6 is 0 Å². The summed E-state index contributed by atoms with van der Waals surface area (Å²) in [5.41, 5.74) is 1.51. The maximum absolute atomic E-state index is 13.0. The highest BCUT2D eigenvalue weighted by molar-refractivity contribution is 5.92. The summed E-state index contributed by atoms with van der Waals surface area (Å²) in [5.74, 6) is -2.20. The zero-order valence-electron chi connectivity index (χ0n) is 12.1. The van der Waals surface area contributed by atoms with E-state index in [-0.39, 0.29) is 18.1 Å². The third kappa shape index (κ3) is 5.26. The summed E-state index contributed by atoms with van der Waals surface area (Å²) in [6, 6.07) is 13.4. The van der Waals surface area contributed by atoms with E-state index in [1.807, 2.05) is 18.2 Å². The van der Waals surface area contributed by atoms with Crippen LogP contribution in [0.25, 0.3) is 0 Å². The van der Waals surface area contributed by atoms with Gasteiger partial charge in [0.1, 0.15) is 0 Å². The molecule has 0 unspecified atom stereocenters. The van der Waals surface area contributed by atoms with Crippen molar-refractivity contribution in [3.05, 3.63) is 65.7 Å². The first-order valence-electron chi connectivity index (χ1n) is 7.15. The summed E-state index contributed by atoms with van der Waals surface area (Å²) >= 11 is 0. The molecule has 0 saturated carbocycles. The van der Waals surface area contributed by atoms with Crippen LogP contribution in [0, 0.1) is 11.6 Å². The van der Waals surface area contributed by atoms with Crippen LogP contribution in [0.4, 0.5) is 14.5 Å². The number of halogens is 2. The molecule has 0 bridgehead atoms. The second-order valence-corrected chi connectivity index (χ2v) is 4.94. The Hall–Kier alpha value is -2.27. The third-order valence-corrected chi connectivity index (χ3v) is 3.15. The molecule has 5 heteroatoms. The van der Waals surface area contributed by atoms with E-state index in [9.17, 15) is 13.6 Å². The van der Waals surface area contributed by atoms with Crippen molar-refractivity contribution in [2.24, 2.45) is 0 Å². The Morgan fingerprint density at radius 1 is 1.00 bits per heavy atom. The molecule has 0 spiro atoms. The first-order valence-corrected chi connectivity index (χ1v) is 7.15. The van der Waals surface area contributed by atoms with Crippen LogP contribution in [0.15, 0.2) is 48.5 Å². The zero-order chi connectivity index (χ0) is 15.8. The maximum Gasteiger partial charge on any atom is 0.238 e. The number of benzene rings is 2. The molecular formula is C17H18F2N2O. The van der Waals surface area contributed by atoms with Crippen LogP contribution in [0.2, 0.25) is 0 Å². The van der Waals surface area contributed by atoms with Gasteiger partial charge in [0.05, 0.1) is 6.54 Å². The number of carbonyl (C=O) groups excluding carboxylic acids is 1. The standard InChI is InChI=1S/C17H18F2N2O/c18-15-9-8-14(11-16(15)19)21-17(22)12-20-10-4-7-13-5-2-1-3-6-13/h1-3,5-6,8-9,11,20H,4,7,10,12H2,(H,21,22). The molecule has 2 rings (SSSR count). The number of aryl methyl sites for hydroxylation is 1. The average molecular weight is 304 g/mol. The van der Waals surface area contributed by atoms with E-state index in [2.05, 4.69) is 22.8 Å². The lowest BCUT2D eigenvalue weighted by Crippen LogP contribution is -2.29. The molecule has 0 aliphatic heterocycles. The van der Waals surface area contributed by atoms with Crippen molar-refractivity contribution in [1.82, 2.24) is 5.32 Å². The minimum Gasteiger partial charge on any atom is -0.325 e. The second kappa shape index (κ2) is 8.24. The van der Waals surface area contributed by atoms with Crippen LogP contribution in [0.1, 0.15) is 12.0 Å². The number of hydrogen-bond acceptors (Lipinski definition) is 2. The number of anilines is 1. The molecule has 2 aromatic carbocycles. The summed E-state index contributed by atoms with van der Waals surface area (Å²) < 4.78 is 25.8. The van der Waals surface area contributed by atoms with Gasteiger partial charge in [0.25, 0.3) is 0 Å². The van der Waals surface area contributed by atoms with Crippen molar-refractivity contribution >= 4 is 11.6 Å². The van der Waals surface area contributed by atoms with E-state index in [1.165, 1.54) is 11.6 Å². The smallest absolute Gasteiger partial charge is 0.238 e. The average Bonchev–Trinajstić information content (AvgIpc) is 2.52. The number of carbonyl (C=O) groups is 1. The largest absolute Gasteiger partial charge is 0.325 e. The van der Waals surface area contributed by atoms with Gasteiger partial charge in [-0.3, -0.25) is 4.79 Å². The van der Waals surface area contributed by atoms with Crippen LogP contribution in [0.5, 0.6) is 0 Å². The SMILES string of the molecule is O=C(CNCCCc1ccccc1)Nc1ccc(F)c(F)c1. The summed E-state index contributed by atoms with van der Waals surface area (Å²) in [6.07, 6.45) is 1.86. The molecule has 2 aromatic rings. The van der Waals surface area contributed by atoms with E-state index >= 15 is 0 Å². The van der Waals surface area contributed by atoms with Crippen LogP contribution in [-0.4, -0.2) is 19.0 Å². The fourth-order valence-corrected chi connectivity index (χ4v) is 2.04. The summed E-state index contributed by atoms with van der Waals surface area (Å²) in [4.78, 5) is 11.7. The van der Waals surface area contributed by atoms with Gasteiger partial charge < -0.3 is 10.6 Å².